The van der Waals surface area contributed by atoms with E-state index in [0.717, 1.165) is 16.5 Å². The van der Waals surface area contributed by atoms with Crippen molar-refractivity contribution in [2.24, 2.45) is 0 Å². The fourth-order valence-corrected chi connectivity index (χ4v) is 2.29. The summed E-state index contributed by atoms with van der Waals surface area (Å²) in [7, 11) is 0. The van der Waals surface area contributed by atoms with E-state index >= 15 is 0 Å². The summed E-state index contributed by atoms with van der Waals surface area (Å²) < 4.78 is 0. The van der Waals surface area contributed by atoms with Gasteiger partial charge in [0.25, 0.3) is 5.91 Å². The Morgan fingerprint density at radius 3 is 2.85 bits per heavy atom. The van der Waals surface area contributed by atoms with Crippen LogP contribution < -0.4 is 5.32 Å². The Morgan fingerprint density at radius 2 is 2.00 bits per heavy atom. The zero-order valence-electron chi connectivity index (χ0n) is 10.9. The average Bonchev–Trinajstić information content (AvgIpc) is 2.90. The first-order valence-corrected chi connectivity index (χ1v) is 6.66. The molecule has 0 bridgehead atoms. The van der Waals surface area contributed by atoms with E-state index in [1.807, 2.05) is 43.5 Å². The number of amides is 1. The summed E-state index contributed by atoms with van der Waals surface area (Å²) in [5.74, 6) is -0.166. The van der Waals surface area contributed by atoms with Crippen LogP contribution in [0.15, 0.2) is 48.7 Å². The molecule has 0 aliphatic heterocycles. The normalized spacial score (nSPS) is 10.7. The number of carbonyl (C=O) groups excluding carboxylic acids is 1. The van der Waals surface area contributed by atoms with Crippen molar-refractivity contribution >= 4 is 34.1 Å². The van der Waals surface area contributed by atoms with E-state index in [2.05, 4.69) is 10.3 Å². The Balaban J connectivity index is 1.90. The van der Waals surface area contributed by atoms with Gasteiger partial charge in [-0.15, -0.1) is 0 Å². The predicted octanol–water partition coefficient (Wildman–Crippen LogP) is 4.38. The first-order chi connectivity index (χ1) is 9.63. The molecule has 2 N–H and O–H groups in total. The zero-order chi connectivity index (χ0) is 14.1. The Hall–Kier alpha value is -2.26. The molecular formula is C16H13ClN2O. The first-order valence-electron chi connectivity index (χ1n) is 6.28. The summed E-state index contributed by atoms with van der Waals surface area (Å²) in [5, 5.41) is 4.38. The number of halogens is 1. The predicted molar refractivity (Wildman–Crippen MR) is 82.4 cm³/mol. The second-order valence-corrected chi connectivity index (χ2v) is 5.12. The first kappa shape index (κ1) is 12.8. The Bertz CT molecular complexity index is 792. The molecule has 4 heteroatoms. The molecule has 0 atom stereocenters. The lowest BCUT2D eigenvalue weighted by atomic mass is 10.1. The van der Waals surface area contributed by atoms with Gasteiger partial charge >= 0.3 is 0 Å². The molecule has 3 nitrogen and oxygen atoms in total. The van der Waals surface area contributed by atoms with Gasteiger partial charge in [0, 0.05) is 22.7 Å². The smallest absolute Gasteiger partial charge is 0.255 e. The van der Waals surface area contributed by atoms with E-state index in [9.17, 15) is 4.79 Å². The van der Waals surface area contributed by atoms with Crippen molar-refractivity contribution in [3.05, 3.63) is 64.8 Å². The molecule has 0 aliphatic carbocycles. The molecule has 1 amide bonds. The van der Waals surface area contributed by atoms with Gasteiger partial charge in [0.15, 0.2) is 0 Å². The number of aromatic amines is 1. The quantitative estimate of drug-likeness (QED) is 0.720. The summed E-state index contributed by atoms with van der Waals surface area (Å²) in [5.41, 5.74) is 3.29. The van der Waals surface area contributed by atoms with E-state index in [4.69, 9.17) is 11.6 Å². The highest BCUT2D eigenvalue weighted by Gasteiger charge is 2.09. The number of H-pyrrole nitrogens is 1. The molecule has 0 radical (unpaired) electrons. The maximum atomic E-state index is 12.3. The number of nitrogens with one attached hydrogen (secondary N) is 2. The Labute approximate surface area is 121 Å². The Kier molecular flexibility index (Phi) is 3.20. The molecule has 2 aromatic carbocycles. The minimum Gasteiger partial charge on any atom is -0.361 e. The molecule has 0 unspecified atom stereocenters. The number of aryl methyl sites for hydroxylation is 1. The van der Waals surface area contributed by atoms with Crippen molar-refractivity contribution < 1.29 is 4.79 Å². The molecule has 3 aromatic rings. The minimum atomic E-state index is -0.166. The summed E-state index contributed by atoms with van der Waals surface area (Å²) >= 11 is 6.09. The van der Waals surface area contributed by atoms with Crippen LogP contribution in [0.25, 0.3) is 10.9 Å². The van der Waals surface area contributed by atoms with E-state index in [1.54, 1.807) is 12.1 Å². The highest BCUT2D eigenvalue weighted by molar-refractivity contribution is 6.34. The van der Waals surface area contributed by atoms with Gasteiger partial charge in [0.05, 0.1) is 10.7 Å². The lowest BCUT2D eigenvalue weighted by molar-refractivity contribution is 0.102. The van der Waals surface area contributed by atoms with Crippen LogP contribution in [0.4, 0.5) is 5.69 Å². The molecule has 0 spiro atoms. The molecule has 100 valence electrons. The SMILES string of the molecule is Cc1ccc(Cl)c(NC(=O)c2ccc3[nH]ccc3c2)c1. The average molecular weight is 285 g/mol. The fourth-order valence-electron chi connectivity index (χ4n) is 2.12. The van der Waals surface area contributed by atoms with E-state index in [0.29, 0.717) is 16.3 Å². The number of hydrogen-bond acceptors (Lipinski definition) is 1. The maximum Gasteiger partial charge on any atom is 0.255 e. The number of carbonyl (C=O) groups is 1. The van der Waals surface area contributed by atoms with Crippen LogP contribution in [0.3, 0.4) is 0 Å². The van der Waals surface area contributed by atoms with Gasteiger partial charge in [-0.2, -0.15) is 0 Å². The van der Waals surface area contributed by atoms with Crippen molar-refractivity contribution in [1.29, 1.82) is 0 Å². The van der Waals surface area contributed by atoms with Crippen molar-refractivity contribution in [3.63, 3.8) is 0 Å². The maximum absolute atomic E-state index is 12.3. The third-order valence-electron chi connectivity index (χ3n) is 3.19. The fraction of sp³-hybridized carbons (Fsp3) is 0.0625. The molecule has 0 fully saturated rings. The van der Waals surface area contributed by atoms with Crippen LogP contribution >= 0.6 is 11.6 Å². The Morgan fingerprint density at radius 1 is 1.15 bits per heavy atom. The van der Waals surface area contributed by atoms with Crippen molar-refractivity contribution in [3.8, 4) is 0 Å². The van der Waals surface area contributed by atoms with Crippen LogP contribution in [0.2, 0.25) is 5.02 Å². The van der Waals surface area contributed by atoms with Crippen molar-refractivity contribution in [2.45, 2.75) is 6.92 Å². The summed E-state index contributed by atoms with van der Waals surface area (Å²) in [6.07, 6.45) is 1.85. The summed E-state index contributed by atoms with van der Waals surface area (Å²) in [4.78, 5) is 15.4. The summed E-state index contributed by atoms with van der Waals surface area (Å²) in [6.45, 7) is 1.96. The topological polar surface area (TPSA) is 44.9 Å². The highest BCUT2D eigenvalue weighted by Crippen LogP contribution is 2.24. The van der Waals surface area contributed by atoms with E-state index in [-0.39, 0.29) is 5.91 Å². The molecule has 0 aliphatic rings. The molecule has 0 saturated carbocycles. The van der Waals surface area contributed by atoms with Crippen LogP contribution in [0, 0.1) is 6.92 Å². The lowest BCUT2D eigenvalue weighted by Gasteiger charge is -2.08. The molecule has 20 heavy (non-hydrogen) atoms. The third kappa shape index (κ3) is 2.40. The third-order valence-corrected chi connectivity index (χ3v) is 3.52. The van der Waals surface area contributed by atoms with Gasteiger partial charge in [-0.1, -0.05) is 17.7 Å². The lowest BCUT2D eigenvalue weighted by Crippen LogP contribution is -2.12. The van der Waals surface area contributed by atoms with E-state index in [1.165, 1.54) is 0 Å². The van der Waals surface area contributed by atoms with Crippen molar-refractivity contribution in [1.82, 2.24) is 4.98 Å². The highest BCUT2D eigenvalue weighted by atomic mass is 35.5. The van der Waals surface area contributed by atoms with Crippen LogP contribution in [0.1, 0.15) is 15.9 Å². The molecule has 0 saturated heterocycles. The van der Waals surface area contributed by atoms with Gasteiger partial charge in [-0.3, -0.25) is 4.79 Å². The molecule has 1 heterocycles. The number of aromatic nitrogens is 1. The van der Waals surface area contributed by atoms with E-state index < -0.39 is 0 Å². The van der Waals surface area contributed by atoms with Gasteiger partial charge < -0.3 is 10.3 Å². The monoisotopic (exact) mass is 284 g/mol. The number of rotatable bonds is 2. The second kappa shape index (κ2) is 5.02. The molecular weight excluding hydrogens is 272 g/mol. The molecule has 1 aromatic heterocycles. The number of fused-ring (bicyclic) bond motifs is 1. The van der Waals surface area contributed by atoms with Gasteiger partial charge in [0.2, 0.25) is 0 Å². The van der Waals surface area contributed by atoms with Crippen LogP contribution in [0.5, 0.6) is 0 Å². The van der Waals surface area contributed by atoms with Gasteiger partial charge in [-0.25, -0.2) is 0 Å². The zero-order valence-corrected chi connectivity index (χ0v) is 11.7. The molecule has 3 rings (SSSR count). The van der Waals surface area contributed by atoms with Crippen LogP contribution in [-0.2, 0) is 0 Å². The largest absolute Gasteiger partial charge is 0.361 e. The standard InChI is InChI=1S/C16H13ClN2O/c1-10-2-4-13(17)15(8-10)19-16(20)12-3-5-14-11(9-12)6-7-18-14/h2-9,18H,1H3,(H,19,20). The van der Waals surface area contributed by atoms with Gasteiger partial charge in [0.1, 0.15) is 0 Å². The summed E-state index contributed by atoms with van der Waals surface area (Å²) in [6, 6.07) is 13.0. The minimum absolute atomic E-state index is 0.166. The van der Waals surface area contributed by atoms with Crippen molar-refractivity contribution in [2.75, 3.05) is 5.32 Å². The van der Waals surface area contributed by atoms with Crippen LogP contribution in [-0.4, -0.2) is 10.9 Å². The second-order valence-electron chi connectivity index (χ2n) is 4.72. The number of benzene rings is 2. The van der Waals surface area contributed by atoms with Gasteiger partial charge in [-0.05, 0) is 48.9 Å². The number of anilines is 1. The number of hydrogen-bond donors (Lipinski definition) is 2.